The first-order valence-corrected chi connectivity index (χ1v) is 5.44. The van der Waals surface area contributed by atoms with Gasteiger partial charge in [-0.3, -0.25) is 0 Å². The van der Waals surface area contributed by atoms with E-state index in [0.29, 0.717) is 22.7 Å². The third-order valence-corrected chi connectivity index (χ3v) is 2.76. The molecule has 6 heteroatoms. The number of methoxy groups -OCH3 is 1. The van der Waals surface area contributed by atoms with Gasteiger partial charge in [0, 0.05) is 17.5 Å². The molecule has 2 aromatic rings. The fraction of sp³-hybridized carbons (Fsp3) is 0.200. The van der Waals surface area contributed by atoms with Crippen molar-refractivity contribution in [1.82, 2.24) is 9.36 Å². The molecule has 0 spiro atoms. The number of nitrogens with two attached hydrogens (primary N) is 1. The molecule has 4 nitrogen and oxygen atoms in total. The van der Waals surface area contributed by atoms with E-state index in [1.807, 2.05) is 0 Å². The molecule has 0 fully saturated rings. The summed E-state index contributed by atoms with van der Waals surface area (Å²) in [7, 11) is 1.52. The number of rotatable bonds is 3. The zero-order valence-corrected chi connectivity index (χ0v) is 9.42. The zero-order valence-electron chi connectivity index (χ0n) is 8.61. The summed E-state index contributed by atoms with van der Waals surface area (Å²) in [5, 5.41) is 1.77. The first kappa shape index (κ1) is 11.0. The summed E-state index contributed by atoms with van der Waals surface area (Å²) in [6.07, 6.45) is 0. The van der Waals surface area contributed by atoms with Crippen LogP contribution >= 0.6 is 11.5 Å². The van der Waals surface area contributed by atoms with E-state index < -0.39 is 5.95 Å². The van der Waals surface area contributed by atoms with Crippen molar-refractivity contribution in [2.45, 2.75) is 6.54 Å². The zero-order chi connectivity index (χ0) is 11.5. The highest BCUT2D eigenvalue weighted by Crippen LogP contribution is 2.29. The summed E-state index contributed by atoms with van der Waals surface area (Å²) in [5.74, 6) is -0.0920. The van der Waals surface area contributed by atoms with E-state index in [-0.39, 0.29) is 6.54 Å². The third kappa shape index (κ3) is 1.89. The SMILES string of the molecule is COc1nscc1-c1ccc(CN)c(F)n1. The van der Waals surface area contributed by atoms with Crippen molar-refractivity contribution in [3.8, 4) is 17.1 Å². The fourth-order valence-electron chi connectivity index (χ4n) is 1.31. The third-order valence-electron chi connectivity index (χ3n) is 2.15. The monoisotopic (exact) mass is 239 g/mol. The minimum atomic E-state index is -0.548. The van der Waals surface area contributed by atoms with Gasteiger partial charge in [-0.1, -0.05) is 6.07 Å². The lowest BCUT2D eigenvalue weighted by Gasteiger charge is -2.03. The Bertz CT molecular complexity index is 501. The molecule has 0 aromatic carbocycles. The van der Waals surface area contributed by atoms with Gasteiger partial charge in [-0.15, -0.1) is 0 Å². The minimum absolute atomic E-state index is 0.137. The summed E-state index contributed by atoms with van der Waals surface area (Å²) in [6, 6.07) is 3.33. The van der Waals surface area contributed by atoms with Gasteiger partial charge in [0.15, 0.2) is 0 Å². The second kappa shape index (κ2) is 4.54. The quantitative estimate of drug-likeness (QED) is 0.830. The molecule has 16 heavy (non-hydrogen) atoms. The first-order chi connectivity index (χ1) is 7.76. The van der Waals surface area contributed by atoms with Gasteiger partial charge in [0.05, 0.1) is 18.4 Å². The van der Waals surface area contributed by atoms with Gasteiger partial charge in [-0.25, -0.2) is 4.98 Å². The Labute approximate surface area is 96.1 Å². The van der Waals surface area contributed by atoms with E-state index in [2.05, 4.69) is 9.36 Å². The van der Waals surface area contributed by atoms with Gasteiger partial charge in [0.1, 0.15) is 0 Å². The van der Waals surface area contributed by atoms with E-state index in [9.17, 15) is 4.39 Å². The van der Waals surface area contributed by atoms with Crippen LogP contribution in [0.3, 0.4) is 0 Å². The van der Waals surface area contributed by atoms with Crippen LogP contribution in [0, 0.1) is 5.95 Å². The highest BCUT2D eigenvalue weighted by molar-refractivity contribution is 7.04. The van der Waals surface area contributed by atoms with Gasteiger partial charge in [-0.05, 0) is 17.6 Å². The molecule has 0 unspecified atom stereocenters. The number of ether oxygens (including phenoxy) is 1. The van der Waals surface area contributed by atoms with Gasteiger partial charge in [0.2, 0.25) is 11.8 Å². The fourth-order valence-corrected chi connectivity index (χ4v) is 1.96. The predicted octanol–water partition coefficient (Wildman–Crippen LogP) is 1.81. The molecule has 0 aliphatic carbocycles. The first-order valence-electron chi connectivity index (χ1n) is 4.60. The molecule has 2 rings (SSSR count). The van der Waals surface area contributed by atoms with E-state index in [0.717, 1.165) is 0 Å². The van der Waals surface area contributed by atoms with Crippen LogP contribution in [0.2, 0.25) is 0 Å². The molecular weight excluding hydrogens is 229 g/mol. The molecule has 84 valence electrons. The summed E-state index contributed by atoms with van der Waals surface area (Å²) in [4.78, 5) is 3.84. The highest BCUT2D eigenvalue weighted by Gasteiger charge is 2.12. The largest absolute Gasteiger partial charge is 0.480 e. The van der Waals surface area contributed by atoms with E-state index in [1.54, 1.807) is 17.5 Å². The Kier molecular flexibility index (Phi) is 3.12. The maximum absolute atomic E-state index is 13.4. The van der Waals surface area contributed by atoms with Crippen LogP contribution in [0.25, 0.3) is 11.3 Å². The summed E-state index contributed by atoms with van der Waals surface area (Å²) in [6.45, 7) is 0.137. The maximum Gasteiger partial charge on any atom is 0.234 e. The number of aromatic nitrogens is 2. The van der Waals surface area contributed by atoms with Crippen LogP contribution in [0.5, 0.6) is 5.88 Å². The number of nitrogens with zero attached hydrogens (tertiary/aromatic N) is 2. The minimum Gasteiger partial charge on any atom is -0.480 e. The second-order valence-electron chi connectivity index (χ2n) is 3.09. The Hall–Kier alpha value is -1.53. The number of hydrogen-bond acceptors (Lipinski definition) is 5. The molecule has 0 aliphatic heterocycles. The van der Waals surface area contributed by atoms with Crippen LogP contribution in [0.1, 0.15) is 5.56 Å². The van der Waals surface area contributed by atoms with Gasteiger partial charge < -0.3 is 10.5 Å². The second-order valence-corrected chi connectivity index (χ2v) is 3.72. The van der Waals surface area contributed by atoms with Crippen molar-refractivity contribution in [2.24, 2.45) is 5.73 Å². The Morgan fingerprint density at radius 3 is 2.94 bits per heavy atom. The Morgan fingerprint density at radius 1 is 1.50 bits per heavy atom. The normalized spacial score (nSPS) is 10.4. The van der Waals surface area contributed by atoms with Gasteiger partial charge in [-0.2, -0.15) is 8.76 Å². The van der Waals surface area contributed by atoms with Crippen LogP contribution < -0.4 is 10.5 Å². The topological polar surface area (TPSA) is 61.0 Å². The van der Waals surface area contributed by atoms with Crippen LogP contribution in [-0.4, -0.2) is 16.5 Å². The van der Waals surface area contributed by atoms with Crippen molar-refractivity contribution in [2.75, 3.05) is 7.11 Å². The average molecular weight is 239 g/mol. The summed E-state index contributed by atoms with van der Waals surface area (Å²) >= 11 is 1.24. The van der Waals surface area contributed by atoms with E-state index >= 15 is 0 Å². The van der Waals surface area contributed by atoms with Crippen LogP contribution in [0.15, 0.2) is 17.5 Å². The Balaban J connectivity index is 2.45. The van der Waals surface area contributed by atoms with E-state index in [4.69, 9.17) is 10.5 Å². The van der Waals surface area contributed by atoms with Crippen LogP contribution in [0.4, 0.5) is 4.39 Å². The van der Waals surface area contributed by atoms with Crippen LogP contribution in [-0.2, 0) is 6.54 Å². The summed E-state index contributed by atoms with van der Waals surface area (Å²) < 4.78 is 22.5. The van der Waals surface area contributed by atoms with Crippen molar-refractivity contribution >= 4 is 11.5 Å². The van der Waals surface area contributed by atoms with Crippen molar-refractivity contribution in [3.05, 3.63) is 29.0 Å². The van der Waals surface area contributed by atoms with Gasteiger partial charge in [0.25, 0.3) is 0 Å². The van der Waals surface area contributed by atoms with Crippen molar-refractivity contribution in [1.29, 1.82) is 0 Å². The Morgan fingerprint density at radius 2 is 2.31 bits per heavy atom. The van der Waals surface area contributed by atoms with Crippen molar-refractivity contribution in [3.63, 3.8) is 0 Å². The molecule has 0 atom stereocenters. The molecule has 0 radical (unpaired) electrons. The smallest absolute Gasteiger partial charge is 0.234 e. The molecule has 2 aromatic heterocycles. The molecule has 0 amide bonds. The average Bonchev–Trinajstić information content (AvgIpc) is 2.77. The molecule has 0 saturated carbocycles. The molecule has 0 bridgehead atoms. The maximum atomic E-state index is 13.4. The predicted molar refractivity (Wildman–Crippen MR) is 59.7 cm³/mol. The molecular formula is C10H10FN3OS. The lowest BCUT2D eigenvalue weighted by Crippen LogP contribution is -2.02. The standard InChI is InChI=1S/C10H10FN3OS/c1-15-10-7(5-16-14-10)8-3-2-6(4-12)9(11)13-8/h2-3,5H,4,12H2,1H3. The number of pyridine rings is 1. The van der Waals surface area contributed by atoms with E-state index in [1.165, 1.54) is 18.6 Å². The highest BCUT2D eigenvalue weighted by atomic mass is 32.1. The molecule has 0 saturated heterocycles. The lowest BCUT2D eigenvalue weighted by molar-refractivity contribution is 0.404. The van der Waals surface area contributed by atoms with Crippen molar-refractivity contribution < 1.29 is 9.13 Å². The molecule has 2 heterocycles. The lowest BCUT2D eigenvalue weighted by atomic mass is 10.2. The molecule has 0 aliphatic rings. The molecule has 2 N–H and O–H groups in total. The summed E-state index contributed by atoms with van der Waals surface area (Å²) in [5.41, 5.74) is 6.94. The number of hydrogen-bond donors (Lipinski definition) is 1. The number of halogens is 1. The van der Waals surface area contributed by atoms with Gasteiger partial charge >= 0.3 is 0 Å².